The van der Waals surface area contributed by atoms with Crippen LogP contribution in [0.15, 0.2) is 22.7 Å². The Bertz CT molecular complexity index is 501. The lowest BCUT2D eigenvalue weighted by Gasteiger charge is -2.13. The summed E-state index contributed by atoms with van der Waals surface area (Å²) in [6.07, 6.45) is 1.12. The van der Waals surface area contributed by atoms with Gasteiger partial charge in [0.25, 0.3) is 0 Å². The highest BCUT2D eigenvalue weighted by Gasteiger charge is 2.19. The lowest BCUT2D eigenvalue weighted by molar-refractivity contribution is 0.714. The van der Waals surface area contributed by atoms with E-state index < -0.39 is 0 Å². The van der Waals surface area contributed by atoms with Crippen molar-refractivity contribution in [2.75, 3.05) is 7.05 Å². The van der Waals surface area contributed by atoms with Crippen molar-refractivity contribution in [3.8, 4) is 0 Å². The third kappa shape index (κ3) is 2.81. The van der Waals surface area contributed by atoms with Gasteiger partial charge in [0.1, 0.15) is 0 Å². The zero-order valence-electron chi connectivity index (χ0n) is 10.2. The average molecular weight is 330 g/mol. The van der Waals surface area contributed by atoms with Gasteiger partial charge in [-0.3, -0.25) is 0 Å². The first-order valence-electron chi connectivity index (χ1n) is 5.67. The first-order chi connectivity index (χ1) is 8.15. The summed E-state index contributed by atoms with van der Waals surface area (Å²) in [4.78, 5) is 5.56. The predicted octanol–water partition coefficient (Wildman–Crippen LogP) is 4.75. The van der Waals surface area contributed by atoms with E-state index in [4.69, 9.17) is 0 Å². The van der Waals surface area contributed by atoms with Crippen LogP contribution in [0.2, 0.25) is 0 Å². The molecule has 2 aromatic rings. The molecule has 0 bridgehead atoms. The van der Waals surface area contributed by atoms with Gasteiger partial charge >= 0.3 is 0 Å². The Morgan fingerprint density at radius 2 is 2.12 bits per heavy atom. The molecular weight excluding hydrogens is 314 g/mol. The van der Waals surface area contributed by atoms with Gasteiger partial charge in [-0.1, -0.05) is 6.92 Å². The molecule has 0 saturated carbocycles. The molecule has 1 atom stereocenters. The first-order valence-corrected chi connectivity index (χ1v) is 8.10. The van der Waals surface area contributed by atoms with Crippen LogP contribution in [-0.4, -0.2) is 7.05 Å². The summed E-state index contributed by atoms with van der Waals surface area (Å²) in [7, 11) is 2.03. The second-order valence-corrected chi connectivity index (χ2v) is 7.29. The summed E-state index contributed by atoms with van der Waals surface area (Å²) in [5.41, 5.74) is 0. The van der Waals surface area contributed by atoms with E-state index >= 15 is 0 Å². The fourth-order valence-corrected chi connectivity index (χ4v) is 5.00. The van der Waals surface area contributed by atoms with Gasteiger partial charge in [-0.15, -0.1) is 22.7 Å². The quantitative estimate of drug-likeness (QED) is 0.853. The van der Waals surface area contributed by atoms with E-state index in [0.717, 1.165) is 6.42 Å². The maximum Gasteiger partial charge on any atom is 0.0774 e. The molecule has 0 aliphatic heterocycles. The Kier molecular flexibility index (Phi) is 4.42. The molecule has 1 N–H and O–H groups in total. The van der Waals surface area contributed by atoms with Gasteiger partial charge in [-0.2, -0.15) is 0 Å². The maximum atomic E-state index is 3.65. The summed E-state index contributed by atoms with van der Waals surface area (Å²) in [6, 6.07) is 6.98. The van der Waals surface area contributed by atoms with Crippen molar-refractivity contribution >= 4 is 38.6 Å². The first kappa shape index (κ1) is 13.3. The van der Waals surface area contributed by atoms with Gasteiger partial charge < -0.3 is 5.32 Å². The van der Waals surface area contributed by atoms with Crippen molar-refractivity contribution in [1.82, 2.24) is 5.32 Å². The number of aryl methyl sites for hydroxylation is 2. The number of hydrogen-bond donors (Lipinski definition) is 1. The Morgan fingerprint density at radius 3 is 2.59 bits per heavy atom. The molecular formula is C13H16BrNS2. The largest absolute Gasteiger partial charge is 0.308 e. The molecule has 2 aromatic heterocycles. The number of hydrogen-bond acceptors (Lipinski definition) is 3. The zero-order chi connectivity index (χ0) is 12.4. The van der Waals surface area contributed by atoms with E-state index in [2.05, 4.69) is 53.3 Å². The van der Waals surface area contributed by atoms with Gasteiger partial charge in [0.05, 0.1) is 6.04 Å². The van der Waals surface area contributed by atoms with Crippen molar-refractivity contribution < 1.29 is 0 Å². The minimum atomic E-state index is 0.313. The van der Waals surface area contributed by atoms with Crippen molar-refractivity contribution in [1.29, 1.82) is 0 Å². The Labute approximate surface area is 119 Å². The number of thiophene rings is 2. The van der Waals surface area contributed by atoms with E-state index in [-0.39, 0.29) is 0 Å². The van der Waals surface area contributed by atoms with Gasteiger partial charge in [0.15, 0.2) is 0 Å². The summed E-state index contributed by atoms with van der Waals surface area (Å²) >= 11 is 7.41. The topological polar surface area (TPSA) is 12.0 Å². The lowest BCUT2D eigenvalue weighted by Crippen LogP contribution is -2.15. The molecule has 0 amide bonds. The molecule has 0 saturated heterocycles. The normalized spacial score (nSPS) is 12.9. The van der Waals surface area contributed by atoms with Crippen LogP contribution in [0, 0.1) is 6.92 Å². The summed E-state index contributed by atoms with van der Waals surface area (Å²) in [6.45, 7) is 4.35. The summed E-state index contributed by atoms with van der Waals surface area (Å²) in [5, 5.41) is 3.42. The molecule has 0 aliphatic carbocycles. The molecule has 2 rings (SSSR count). The molecule has 2 heterocycles. The van der Waals surface area contributed by atoms with E-state index in [1.54, 1.807) is 0 Å². The van der Waals surface area contributed by atoms with Crippen LogP contribution < -0.4 is 5.32 Å². The number of nitrogens with one attached hydrogen (secondary N) is 1. The molecule has 0 aliphatic rings. The summed E-state index contributed by atoms with van der Waals surface area (Å²) in [5.74, 6) is 0. The minimum absolute atomic E-state index is 0.313. The smallest absolute Gasteiger partial charge is 0.0774 e. The summed E-state index contributed by atoms with van der Waals surface area (Å²) < 4.78 is 1.21. The van der Waals surface area contributed by atoms with Crippen molar-refractivity contribution in [2.45, 2.75) is 26.3 Å². The second kappa shape index (κ2) is 5.65. The fraction of sp³-hybridized carbons (Fsp3) is 0.385. The van der Waals surface area contributed by atoms with Crippen LogP contribution in [0.25, 0.3) is 0 Å². The third-order valence-corrected chi connectivity index (χ3v) is 6.03. The van der Waals surface area contributed by atoms with Gasteiger partial charge in [-0.05, 0) is 54.5 Å². The minimum Gasteiger partial charge on any atom is -0.308 e. The van der Waals surface area contributed by atoms with Crippen LogP contribution in [-0.2, 0) is 6.42 Å². The van der Waals surface area contributed by atoms with Crippen LogP contribution >= 0.6 is 38.6 Å². The SMILES string of the molecule is CCc1ccc(C(NC)c2sc(C)cc2Br)s1. The van der Waals surface area contributed by atoms with E-state index in [0.29, 0.717) is 6.04 Å². The number of rotatable bonds is 4. The van der Waals surface area contributed by atoms with Crippen LogP contribution in [0.3, 0.4) is 0 Å². The number of halogens is 1. The maximum absolute atomic E-state index is 3.65. The van der Waals surface area contributed by atoms with E-state index in [1.807, 2.05) is 29.7 Å². The third-order valence-electron chi connectivity index (χ3n) is 2.70. The highest BCUT2D eigenvalue weighted by Crippen LogP contribution is 2.37. The van der Waals surface area contributed by atoms with Gasteiger partial charge in [0, 0.05) is 24.0 Å². The van der Waals surface area contributed by atoms with Gasteiger partial charge in [-0.25, -0.2) is 0 Å². The van der Waals surface area contributed by atoms with Crippen LogP contribution in [0.5, 0.6) is 0 Å². The van der Waals surface area contributed by atoms with E-state index in [1.165, 1.54) is 24.0 Å². The van der Waals surface area contributed by atoms with Crippen molar-refractivity contribution in [3.05, 3.63) is 42.2 Å². The Hall–Kier alpha value is -0.160. The fourth-order valence-electron chi connectivity index (χ4n) is 1.84. The molecule has 0 fully saturated rings. The molecule has 0 spiro atoms. The Morgan fingerprint density at radius 1 is 1.35 bits per heavy atom. The standard InChI is InChI=1S/C13H16BrNS2/c1-4-9-5-6-11(17-9)12(15-3)13-10(14)7-8(2)16-13/h5-7,12,15H,4H2,1-3H3. The molecule has 1 nitrogen and oxygen atoms in total. The lowest BCUT2D eigenvalue weighted by atomic mass is 10.2. The molecule has 0 radical (unpaired) electrons. The highest BCUT2D eigenvalue weighted by atomic mass is 79.9. The monoisotopic (exact) mass is 329 g/mol. The van der Waals surface area contributed by atoms with Crippen LogP contribution in [0.4, 0.5) is 0 Å². The molecule has 1 unspecified atom stereocenters. The molecule has 92 valence electrons. The molecule has 0 aromatic carbocycles. The van der Waals surface area contributed by atoms with E-state index in [9.17, 15) is 0 Å². The van der Waals surface area contributed by atoms with Gasteiger partial charge in [0.2, 0.25) is 0 Å². The van der Waals surface area contributed by atoms with Crippen molar-refractivity contribution in [3.63, 3.8) is 0 Å². The molecule has 4 heteroatoms. The van der Waals surface area contributed by atoms with Crippen LogP contribution in [0.1, 0.15) is 32.5 Å². The zero-order valence-corrected chi connectivity index (χ0v) is 13.4. The molecule has 17 heavy (non-hydrogen) atoms. The highest BCUT2D eigenvalue weighted by molar-refractivity contribution is 9.10. The second-order valence-electron chi connectivity index (χ2n) is 3.95. The Balaban J connectivity index is 2.36. The average Bonchev–Trinajstić information content (AvgIpc) is 2.88. The predicted molar refractivity (Wildman–Crippen MR) is 81.4 cm³/mol. The van der Waals surface area contributed by atoms with Crippen molar-refractivity contribution in [2.24, 2.45) is 0 Å².